The summed E-state index contributed by atoms with van der Waals surface area (Å²) >= 11 is 1.54. The van der Waals surface area contributed by atoms with Gasteiger partial charge in [-0.25, -0.2) is 0 Å². The highest BCUT2D eigenvalue weighted by atomic mass is 32.1. The minimum absolute atomic E-state index is 0.0972. The summed E-state index contributed by atoms with van der Waals surface area (Å²) in [6.07, 6.45) is 7.46. The van der Waals surface area contributed by atoms with Gasteiger partial charge in [0, 0.05) is 33.6 Å². The molecule has 5 rings (SSSR count). The van der Waals surface area contributed by atoms with E-state index < -0.39 is 0 Å². The van der Waals surface area contributed by atoms with Gasteiger partial charge in [-0.15, -0.1) is 11.3 Å². The van der Waals surface area contributed by atoms with Crippen molar-refractivity contribution in [3.8, 4) is 16.9 Å². The van der Waals surface area contributed by atoms with E-state index in [1.807, 2.05) is 29.6 Å². The molecule has 2 aromatic carbocycles. The monoisotopic (exact) mass is 460 g/mol. The third kappa shape index (κ3) is 4.70. The first-order chi connectivity index (χ1) is 16.2. The highest BCUT2D eigenvalue weighted by Crippen LogP contribution is 2.30. The molecular formula is C26H28N4O2S. The van der Waals surface area contributed by atoms with E-state index in [1.165, 1.54) is 36.8 Å². The second-order valence-electron chi connectivity index (χ2n) is 8.66. The highest BCUT2D eigenvalue weighted by Gasteiger charge is 2.19. The number of nitrogens with zero attached hydrogens (tertiary/aromatic N) is 2. The predicted molar refractivity (Wildman–Crippen MR) is 134 cm³/mol. The van der Waals surface area contributed by atoms with Crippen LogP contribution in [0.4, 0.5) is 0 Å². The molecule has 1 fully saturated rings. The van der Waals surface area contributed by atoms with Gasteiger partial charge >= 0.3 is 0 Å². The van der Waals surface area contributed by atoms with Gasteiger partial charge in [0.1, 0.15) is 5.69 Å². The molecule has 2 N–H and O–H groups in total. The van der Waals surface area contributed by atoms with Crippen LogP contribution in [0.3, 0.4) is 0 Å². The Morgan fingerprint density at radius 1 is 1.03 bits per heavy atom. The number of aromatic nitrogens is 2. The largest absolute Gasteiger partial charge is 0.352 e. The molecule has 2 aliphatic heterocycles. The number of amides is 1. The molecule has 6 nitrogen and oxygen atoms in total. The van der Waals surface area contributed by atoms with Crippen LogP contribution in [0.25, 0.3) is 27.0 Å². The van der Waals surface area contributed by atoms with Gasteiger partial charge in [0.25, 0.3) is 11.5 Å². The lowest BCUT2D eigenvalue weighted by molar-refractivity contribution is 0.0953. The quantitative estimate of drug-likeness (QED) is 0.396. The zero-order valence-corrected chi connectivity index (χ0v) is 19.4. The fourth-order valence-corrected chi connectivity index (χ4v) is 5.45. The summed E-state index contributed by atoms with van der Waals surface area (Å²) in [5, 5.41) is 14.0. The van der Waals surface area contributed by atoms with Gasteiger partial charge in [-0.2, -0.15) is 9.78 Å². The average molecular weight is 461 g/mol. The van der Waals surface area contributed by atoms with E-state index in [4.69, 9.17) is 0 Å². The number of carbonyl (C=O) groups is 1. The summed E-state index contributed by atoms with van der Waals surface area (Å²) in [5.41, 5.74) is 2.41. The van der Waals surface area contributed by atoms with E-state index in [0.29, 0.717) is 35.1 Å². The van der Waals surface area contributed by atoms with Crippen LogP contribution >= 0.6 is 11.3 Å². The van der Waals surface area contributed by atoms with Crippen molar-refractivity contribution < 1.29 is 4.79 Å². The molecule has 170 valence electrons. The number of hydrogen-bond donors (Lipinski definition) is 2. The number of carbonyl (C=O) groups excluding carboxylic acids is 1. The SMILES string of the molecule is O=C(NCCCNC1CCCCC1)c1ccc(-n2nc3c4ccccc4scc-3c2=O)cc1. The lowest BCUT2D eigenvalue weighted by atomic mass is 9.95. The minimum atomic E-state index is -0.144. The molecule has 0 aromatic heterocycles. The van der Waals surface area contributed by atoms with Crippen molar-refractivity contribution in [3.05, 3.63) is 69.8 Å². The Kier molecular flexibility index (Phi) is 6.51. The van der Waals surface area contributed by atoms with Gasteiger partial charge in [-0.3, -0.25) is 9.59 Å². The first kappa shape index (κ1) is 21.8. The molecule has 1 aliphatic carbocycles. The van der Waals surface area contributed by atoms with Crippen LogP contribution in [0.15, 0.2) is 58.7 Å². The maximum Gasteiger partial charge on any atom is 0.281 e. The van der Waals surface area contributed by atoms with E-state index in [0.717, 1.165) is 23.1 Å². The van der Waals surface area contributed by atoms with Gasteiger partial charge < -0.3 is 10.6 Å². The molecular weight excluding hydrogens is 432 g/mol. The molecule has 0 spiro atoms. The smallest absolute Gasteiger partial charge is 0.281 e. The van der Waals surface area contributed by atoms with Crippen molar-refractivity contribution >= 4 is 27.3 Å². The molecule has 1 saturated carbocycles. The zero-order chi connectivity index (χ0) is 22.6. The van der Waals surface area contributed by atoms with Crippen LogP contribution in [0.1, 0.15) is 48.9 Å². The normalized spacial score (nSPS) is 14.7. The van der Waals surface area contributed by atoms with Gasteiger partial charge in [-0.05, 0) is 56.1 Å². The fraction of sp³-hybridized carbons (Fsp3) is 0.346. The lowest BCUT2D eigenvalue weighted by Gasteiger charge is -2.22. The van der Waals surface area contributed by atoms with Crippen molar-refractivity contribution in [1.82, 2.24) is 20.4 Å². The molecule has 0 atom stereocenters. The van der Waals surface area contributed by atoms with Crippen LogP contribution in [-0.4, -0.2) is 34.8 Å². The minimum Gasteiger partial charge on any atom is -0.352 e. The van der Waals surface area contributed by atoms with E-state index in [2.05, 4.69) is 15.7 Å². The van der Waals surface area contributed by atoms with Gasteiger partial charge in [-0.1, -0.05) is 37.5 Å². The number of benzene rings is 2. The van der Waals surface area contributed by atoms with E-state index >= 15 is 0 Å². The summed E-state index contributed by atoms with van der Waals surface area (Å²) in [5.74, 6) is -0.0972. The molecule has 7 heteroatoms. The highest BCUT2D eigenvalue weighted by molar-refractivity contribution is 7.17. The second-order valence-corrected chi connectivity index (χ2v) is 9.57. The average Bonchev–Trinajstić information content (AvgIpc) is 3.21. The topological polar surface area (TPSA) is 76.0 Å². The molecule has 3 aliphatic rings. The predicted octanol–water partition coefficient (Wildman–Crippen LogP) is 4.59. The first-order valence-corrected chi connectivity index (χ1v) is 12.6. The van der Waals surface area contributed by atoms with Crippen molar-refractivity contribution in [2.45, 2.75) is 44.6 Å². The Morgan fingerprint density at radius 3 is 2.64 bits per heavy atom. The summed E-state index contributed by atoms with van der Waals surface area (Å²) in [7, 11) is 0. The lowest BCUT2D eigenvalue weighted by Crippen LogP contribution is -2.34. The Morgan fingerprint density at radius 2 is 1.82 bits per heavy atom. The van der Waals surface area contributed by atoms with Crippen LogP contribution in [0, 0.1) is 0 Å². The first-order valence-electron chi connectivity index (χ1n) is 11.7. The summed E-state index contributed by atoms with van der Waals surface area (Å²) in [6.45, 7) is 1.57. The maximum absolute atomic E-state index is 12.9. The van der Waals surface area contributed by atoms with Crippen LogP contribution in [0.5, 0.6) is 0 Å². The number of hydrogen-bond acceptors (Lipinski definition) is 5. The molecule has 1 amide bonds. The molecule has 0 saturated heterocycles. The summed E-state index contributed by atoms with van der Waals surface area (Å²) in [6, 6.07) is 15.6. The van der Waals surface area contributed by atoms with Crippen LogP contribution in [0.2, 0.25) is 0 Å². The molecule has 2 heterocycles. The summed E-state index contributed by atoms with van der Waals surface area (Å²) in [4.78, 5) is 25.4. The van der Waals surface area contributed by atoms with Gasteiger partial charge in [0.2, 0.25) is 0 Å². The Labute approximate surface area is 197 Å². The molecule has 0 unspecified atom stereocenters. The van der Waals surface area contributed by atoms with Crippen molar-refractivity contribution in [2.24, 2.45) is 0 Å². The third-order valence-electron chi connectivity index (χ3n) is 6.38. The molecule has 2 aromatic rings. The van der Waals surface area contributed by atoms with E-state index in [1.54, 1.807) is 35.6 Å². The van der Waals surface area contributed by atoms with Crippen molar-refractivity contribution in [1.29, 1.82) is 0 Å². The molecule has 0 radical (unpaired) electrons. The maximum atomic E-state index is 12.9. The number of nitrogens with one attached hydrogen (secondary N) is 2. The number of fused-ring (bicyclic) bond motifs is 3. The van der Waals surface area contributed by atoms with Crippen LogP contribution < -0.4 is 16.2 Å². The fourth-order valence-electron chi connectivity index (χ4n) is 4.54. The van der Waals surface area contributed by atoms with Gasteiger partial charge in [0.05, 0.1) is 11.3 Å². The Bertz CT molecular complexity index is 1270. The van der Waals surface area contributed by atoms with Crippen molar-refractivity contribution in [3.63, 3.8) is 0 Å². The second kappa shape index (κ2) is 9.85. The molecule has 0 bridgehead atoms. The Balaban J connectivity index is 1.22. The summed E-state index contributed by atoms with van der Waals surface area (Å²) < 4.78 is 2.51. The standard InChI is InChI=1S/C26H28N4O2S/c31-25(28-16-6-15-27-19-7-2-1-3-8-19)18-11-13-20(14-12-18)30-26(32)22-17-33-23-10-5-4-9-21(23)24(22)29-30/h4-5,9-14,17,19,27H,1-3,6-8,15-16H2,(H,28,31). The zero-order valence-electron chi connectivity index (χ0n) is 18.5. The van der Waals surface area contributed by atoms with Crippen molar-refractivity contribution in [2.75, 3.05) is 13.1 Å². The number of rotatable bonds is 7. The van der Waals surface area contributed by atoms with Crippen LogP contribution in [-0.2, 0) is 0 Å². The van der Waals surface area contributed by atoms with E-state index in [9.17, 15) is 9.59 Å². The Hall–Kier alpha value is -3.03. The third-order valence-corrected chi connectivity index (χ3v) is 7.34. The van der Waals surface area contributed by atoms with Gasteiger partial charge in [0.15, 0.2) is 0 Å². The van der Waals surface area contributed by atoms with E-state index in [-0.39, 0.29) is 11.5 Å². The molecule has 33 heavy (non-hydrogen) atoms.